The number of amides is 2. The van der Waals surface area contributed by atoms with Crippen LogP contribution in [0.2, 0.25) is 0 Å². The Morgan fingerprint density at radius 1 is 1.28 bits per heavy atom. The highest BCUT2D eigenvalue weighted by atomic mass is 19.1. The Bertz CT molecular complexity index is 808. The smallest absolute Gasteiger partial charge is 0.313 e. The Morgan fingerprint density at radius 2 is 2.08 bits per heavy atom. The molecule has 0 unspecified atom stereocenters. The average molecular weight is 349 g/mol. The number of hydrogen-bond donors (Lipinski definition) is 2. The lowest BCUT2D eigenvalue weighted by Crippen LogP contribution is -2.43. The van der Waals surface area contributed by atoms with Gasteiger partial charge in [0.1, 0.15) is 11.6 Å². The maximum Gasteiger partial charge on any atom is 0.313 e. The van der Waals surface area contributed by atoms with Crippen molar-refractivity contribution in [1.82, 2.24) is 15.1 Å². The number of anilines is 2. The Morgan fingerprint density at radius 3 is 2.76 bits per heavy atom. The van der Waals surface area contributed by atoms with Crippen molar-refractivity contribution in [2.45, 2.75) is 12.5 Å². The number of rotatable bonds is 3. The summed E-state index contributed by atoms with van der Waals surface area (Å²) < 4.78 is 28.1. The summed E-state index contributed by atoms with van der Waals surface area (Å²) in [5, 5.41) is 8.86. The standard InChI is InChI=1S/C16H17F2N5O2/c1-22-9-12(7-19-22)23-5-4-11(8-23)20-15(24)16(25)21-14-3-2-10(17)6-13(14)18/h2-3,6-7,9,11H,4-5,8H2,1H3,(H,20,24)(H,21,25)/t11-/m1/s1. The molecule has 0 aliphatic carbocycles. The molecule has 2 heterocycles. The molecule has 2 aromatic rings. The van der Waals surface area contributed by atoms with Gasteiger partial charge in [-0.2, -0.15) is 5.10 Å². The predicted octanol–water partition coefficient (Wildman–Crippen LogP) is 1.03. The second-order valence-corrected chi connectivity index (χ2v) is 5.86. The molecule has 9 heteroatoms. The molecule has 1 fully saturated rings. The van der Waals surface area contributed by atoms with Gasteiger partial charge in [-0.15, -0.1) is 0 Å². The van der Waals surface area contributed by atoms with Gasteiger partial charge in [0, 0.05) is 38.4 Å². The number of halogens is 2. The Labute approximate surface area is 142 Å². The SMILES string of the molecule is Cn1cc(N2CC[C@@H](NC(=O)C(=O)Nc3ccc(F)cc3F)C2)cn1. The molecule has 1 aliphatic rings. The van der Waals surface area contributed by atoms with Crippen molar-refractivity contribution in [1.29, 1.82) is 0 Å². The van der Waals surface area contributed by atoms with Crippen molar-refractivity contribution in [3.63, 3.8) is 0 Å². The number of carbonyl (C=O) groups excluding carboxylic acids is 2. The molecule has 3 rings (SSSR count). The van der Waals surface area contributed by atoms with Crippen LogP contribution in [0.3, 0.4) is 0 Å². The van der Waals surface area contributed by atoms with Gasteiger partial charge in [-0.1, -0.05) is 0 Å². The van der Waals surface area contributed by atoms with Crippen molar-refractivity contribution >= 4 is 23.2 Å². The highest BCUT2D eigenvalue weighted by molar-refractivity contribution is 6.39. The van der Waals surface area contributed by atoms with Crippen LogP contribution in [0.15, 0.2) is 30.6 Å². The highest BCUT2D eigenvalue weighted by Gasteiger charge is 2.27. The van der Waals surface area contributed by atoms with Crippen molar-refractivity contribution in [2.75, 3.05) is 23.3 Å². The van der Waals surface area contributed by atoms with Gasteiger partial charge in [-0.05, 0) is 18.6 Å². The van der Waals surface area contributed by atoms with E-state index < -0.39 is 23.4 Å². The van der Waals surface area contributed by atoms with Gasteiger partial charge in [0.25, 0.3) is 0 Å². The fraction of sp³-hybridized carbons (Fsp3) is 0.312. The van der Waals surface area contributed by atoms with Crippen LogP contribution in [0.4, 0.5) is 20.2 Å². The predicted molar refractivity (Wildman–Crippen MR) is 87.0 cm³/mol. The summed E-state index contributed by atoms with van der Waals surface area (Å²) in [4.78, 5) is 25.9. The van der Waals surface area contributed by atoms with Crippen LogP contribution in [0.1, 0.15) is 6.42 Å². The third-order valence-electron chi connectivity index (χ3n) is 3.97. The zero-order chi connectivity index (χ0) is 18.0. The quantitative estimate of drug-likeness (QED) is 0.812. The molecule has 1 atom stereocenters. The van der Waals surface area contributed by atoms with Crippen LogP contribution < -0.4 is 15.5 Å². The molecule has 2 amide bonds. The first kappa shape index (κ1) is 16.9. The normalized spacial score (nSPS) is 16.8. The van der Waals surface area contributed by atoms with Crippen LogP contribution in [0.5, 0.6) is 0 Å². The van der Waals surface area contributed by atoms with Gasteiger partial charge < -0.3 is 15.5 Å². The van der Waals surface area contributed by atoms with Crippen LogP contribution in [0, 0.1) is 11.6 Å². The minimum Gasteiger partial charge on any atom is -0.367 e. The van der Waals surface area contributed by atoms with Crippen LogP contribution in [0.25, 0.3) is 0 Å². The first-order valence-electron chi connectivity index (χ1n) is 7.73. The molecule has 2 N–H and O–H groups in total. The summed E-state index contributed by atoms with van der Waals surface area (Å²) in [5.74, 6) is -3.56. The van der Waals surface area contributed by atoms with Gasteiger partial charge in [0.05, 0.1) is 17.6 Å². The number of benzene rings is 1. The maximum atomic E-state index is 13.5. The molecule has 0 radical (unpaired) electrons. The zero-order valence-corrected chi connectivity index (χ0v) is 13.5. The molecule has 1 aromatic heterocycles. The minimum atomic E-state index is -0.995. The van der Waals surface area contributed by atoms with E-state index in [1.54, 1.807) is 10.9 Å². The number of carbonyl (C=O) groups is 2. The molecule has 1 aromatic carbocycles. The van der Waals surface area contributed by atoms with Gasteiger partial charge >= 0.3 is 11.8 Å². The number of nitrogens with zero attached hydrogens (tertiary/aromatic N) is 3. The molecule has 1 saturated heterocycles. The van der Waals surface area contributed by atoms with E-state index in [-0.39, 0.29) is 11.7 Å². The Hall–Kier alpha value is -2.97. The highest BCUT2D eigenvalue weighted by Crippen LogP contribution is 2.19. The molecular formula is C16H17F2N5O2. The van der Waals surface area contributed by atoms with Crippen LogP contribution in [-0.4, -0.2) is 40.7 Å². The summed E-state index contributed by atoms with van der Waals surface area (Å²) in [5.41, 5.74) is 0.696. The van der Waals surface area contributed by atoms with E-state index in [2.05, 4.69) is 20.6 Å². The van der Waals surface area contributed by atoms with Gasteiger partial charge in [0.15, 0.2) is 0 Å². The minimum absolute atomic E-state index is 0.198. The molecule has 132 valence electrons. The number of aromatic nitrogens is 2. The molecule has 7 nitrogen and oxygen atoms in total. The van der Waals surface area contributed by atoms with E-state index in [9.17, 15) is 18.4 Å². The van der Waals surface area contributed by atoms with Crippen molar-refractivity contribution in [3.8, 4) is 0 Å². The van der Waals surface area contributed by atoms with Crippen molar-refractivity contribution in [2.24, 2.45) is 7.05 Å². The summed E-state index contributed by atoms with van der Waals surface area (Å²) in [6.45, 7) is 1.28. The summed E-state index contributed by atoms with van der Waals surface area (Å²) in [6.07, 6.45) is 4.28. The maximum absolute atomic E-state index is 13.5. The second-order valence-electron chi connectivity index (χ2n) is 5.86. The summed E-state index contributed by atoms with van der Waals surface area (Å²) >= 11 is 0. The second kappa shape index (κ2) is 6.88. The third-order valence-corrected chi connectivity index (χ3v) is 3.97. The number of hydrogen-bond acceptors (Lipinski definition) is 4. The van der Waals surface area contributed by atoms with E-state index in [1.807, 2.05) is 13.2 Å². The number of aryl methyl sites for hydroxylation is 1. The van der Waals surface area contributed by atoms with E-state index in [4.69, 9.17) is 0 Å². The molecule has 0 spiro atoms. The lowest BCUT2D eigenvalue weighted by atomic mass is 10.2. The van der Waals surface area contributed by atoms with E-state index in [1.165, 1.54) is 0 Å². The largest absolute Gasteiger partial charge is 0.367 e. The topological polar surface area (TPSA) is 79.3 Å². The summed E-state index contributed by atoms with van der Waals surface area (Å²) in [6, 6.07) is 2.50. The van der Waals surface area contributed by atoms with Crippen LogP contribution >= 0.6 is 0 Å². The molecule has 25 heavy (non-hydrogen) atoms. The molecule has 1 aliphatic heterocycles. The van der Waals surface area contributed by atoms with Crippen molar-refractivity contribution in [3.05, 3.63) is 42.2 Å². The fourth-order valence-corrected chi connectivity index (χ4v) is 2.71. The molecular weight excluding hydrogens is 332 g/mol. The number of nitrogens with one attached hydrogen (secondary N) is 2. The molecule has 0 bridgehead atoms. The lowest BCUT2D eigenvalue weighted by molar-refractivity contribution is -0.136. The van der Waals surface area contributed by atoms with E-state index in [0.717, 1.165) is 24.4 Å². The van der Waals surface area contributed by atoms with Gasteiger partial charge in [-0.3, -0.25) is 14.3 Å². The van der Waals surface area contributed by atoms with Crippen molar-refractivity contribution < 1.29 is 18.4 Å². The van der Waals surface area contributed by atoms with E-state index >= 15 is 0 Å². The summed E-state index contributed by atoms with van der Waals surface area (Å²) in [7, 11) is 1.82. The average Bonchev–Trinajstić information content (AvgIpc) is 3.19. The fourth-order valence-electron chi connectivity index (χ4n) is 2.71. The van der Waals surface area contributed by atoms with Crippen LogP contribution in [-0.2, 0) is 16.6 Å². The first-order valence-corrected chi connectivity index (χ1v) is 7.73. The zero-order valence-electron chi connectivity index (χ0n) is 13.5. The third kappa shape index (κ3) is 3.93. The Kier molecular flexibility index (Phi) is 4.64. The van der Waals surface area contributed by atoms with Gasteiger partial charge in [0.2, 0.25) is 0 Å². The lowest BCUT2D eigenvalue weighted by Gasteiger charge is -2.16. The molecule has 0 saturated carbocycles. The van der Waals surface area contributed by atoms with Gasteiger partial charge in [-0.25, -0.2) is 8.78 Å². The Balaban J connectivity index is 1.54. The monoisotopic (exact) mass is 349 g/mol. The first-order chi connectivity index (χ1) is 11.9. The van der Waals surface area contributed by atoms with E-state index in [0.29, 0.717) is 19.0 Å².